The van der Waals surface area contributed by atoms with Crippen molar-refractivity contribution in [1.82, 2.24) is 19.4 Å². The van der Waals surface area contributed by atoms with Crippen LogP contribution >= 0.6 is 11.6 Å². The molecule has 2 fully saturated rings. The average molecular weight is 559 g/mol. The summed E-state index contributed by atoms with van der Waals surface area (Å²) in [7, 11) is 2.06. The maximum Gasteiger partial charge on any atom is 0.313 e. The van der Waals surface area contributed by atoms with E-state index in [0.717, 1.165) is 35.7 Å². The van der Waals surface area contributed by atoms with Gasteiger partial charge in [-0.05, 0) is 73.1 Å². The second-order valence-corrected chi connectivity index (χ2v) is 11.2. The Morgan fingerprint density at radius 2 is 2.00 bits per heavy atom. The van der Waals surface area contributed by atoms with Crippen LogP contribution in [0.2, 0.25) is 5.02 Å². The predicted octanol–water partition coefficient (Wildman–Crippen LogP) is 4.69. The number of benzene rings is 3. The molecule has 1 N–H and O–H groups in total. The van der Waals surface area contributed by atoms with E-state index in [1.165, 1.54) is 6.08 Å². The Balaban J connectivity index is 1.44. The van der Waals surface area contributed by atoms with Crippen LogP contribution in [0.5, 0.6) is 11.6 Å². The number of hydrogen-bond acceptors (Lipinski definition) is 6. The van der Waals surface area contributed by atoms with Crippen molar-refractivity contribution in [2.75, 3.05) is 33.3 Å². The molecular formula is C31H31ClN4O4. The van der Waals surface area contributed by atoms with E-state index in [1.54, 1.807) is 27.7 Å². The molecule has 4 aromatic rings. The Morgan fingerprint density at radius 1 is 1.20 bits per heavy atom. The summed E-state index contributed by atoms with van der Waals surface area (Å²) in [6.45, 7) is 6.45. The van der Waals surface area contributed by atoms with Gasteiger partial charge >= 0.3 is 5.56 Å². The Bertz CT molecular complexity index is 1690. The number of aromatic nitrogens is 2. The van der Waals surface area contributed by atoms with Gasteiger partial charge in [0.25, 0.3) is 5.88 Å². The summed E-state index contributed by atoms with van der Waals surface area (Å²) in [5.41, 5.74) is 2.33. The first-order valence-corrected chi connectivity index (χ1v) is 13.9. The molecule has 0 radical (unpaired) electrons. The van der Waals surface area contributed by atoms with Gasteiger partial charge in [0.15, 0.2) is 0 Å². The first-order chi connectivity index (χ1) is 19.3. The minimum Gasteiger partial charge on any atom is -0.508 e. The molecule has 9 heteroatoms. The maximum atomic E-state index is 13.7. The lowest BCUT2D eigenvalue weighted by atomic mass is 9.97. The fraction of sp³-hybridized carbons (Fsp3) is 0.323. The molecule has 6 rings (SSSR count). The summed E-state index contributed by atoms with van der Waals surface area (Å²) in [5, 5.41) is 12.7. The molecule has 2 saturated heterocycles. The topological polar surface area (TPSA) is 87.9 Å². The number of fused-ring (bicyclic) bond motifs is 2. The van der Waals surface area contributed by atoms with E-state index < -0.39 is 0 Å². The van der Waals surface area contributed by atoms with Crippen LogP contribution in [0.15, 0.2) is 66.0 Å². The summed E-state index contributed by atoms with van der Waals surface area (Å²) in [4.78, 5) is 34.3. The highest BCUT2D eigenvalue weighted by Crippen LogP contribution is 2.38. The lowest BCUT2D eigenvalue weighted by Crippen LogP contribution is -2.51. The largest absolute Gasteiger partial charge is 0.508 e. The highest BCUT2D eigenvalue weighted by molar-refractivity contribution is 6.34. The first-order valence-electron chi connectivity index (χ1n) is 13.5. The molecule has 1 atom stereocenters. The van der Waals surface area contributed by atoms with E-state index >= 15 is 0 Å². The minimum atomic E-state index is -0.312. The van der Waals surface area contributed by atoms with Gasteiger partial charge < -0.3 is 24.2 Å². The molecule has 3 heterocycles. The zero-order valence-electron chi connectivity index (χ0n) is 22.3. The van der Waals surface area contributed by atoms with Gasteiger partial charge in [-0.2, -0.15) is 0 Å². The number of halogens is 1. The number of likely N-dealkylation sites (N-methyl/N-ethyl adjacent to an activating group) is 1. The van der Waals surface area contributed by atoms with Gasteiger partial charge in [0.2, 0.25) is 5.91 Å². The number of likely N-dealkylation sites (tertiary alicyclic amines) is 2. The Hall–Kier alpha value is -3.88. The van der Waals surface area contributed by atoms with Crippen LogP contribution in [-0.2, 0) is 11.3 Å². The highest BCUT2D eigenvalue weighted by atomic mass is 35.5. The number of carbonyl (C=O) groups excluding carboxylic acids is 1. The van der Waals surface area contributed by atoms with Gasteiger partial charge in [0.05, 0.1) is 16.1 Å². The number of phenolic OH excluding ortho intramolecular Hbond substituents is 1. The molecule has 1 amide bonds. The normalized spacial score (nSPS) is 17.9. The third-order valence-electron chi connectivity index (χ3n) is 8.11. The zero-order chi connectivity index (χ0) is 28.0. The molecule has 8 nitrogen and oxygen atoms in total. The Kier molecular flexibility index (Phi) is 6.98. The van der Waals surface area contributed by atoms with Crippen LogP contribution in [0.4, 0.5) is 0 Å². The Morgan fingerprint density at radius 3 is 2.75 bits per heavy atom. The molecule has 2 aliphatic rings. The zero-order valence-corrected chi connectivity index (χ0v) is 23.1. The van der Waals surface area contributed by atoms with Crippen molar-refractivity contribution in [3.63, 3.8) is 0 Å². The van der Waals surface area contributed by atoms with Gasteiger partial charge in [-0.15, -0.1) is 0 Å². The number of hydrogen-bond donors (Lipinski definition) is 1. The molecule has 40 heavy (non-hydrogen) atoms. The van der Waals surface area contributed by atoms with E-state index in [9.17, 15) is 14.7 Å². The van der Waals surface area contributed by atoms with Gasteiger partial charge in [0, 0.05) is 37.2 Å². The third kappa shape index (κ3) is 4.82. The summed E-state index contributed by atoms with van der Waals surface area (Å²) in [5.74, 6) is 0.185. The van der Waals surface area contributed by atoms with E-state index in [-0.39, 0.29) is 35.1 Å². The second-order valence-electron chi connectivity index (χ2n) is 10.8. The van der Waals surface area contributed by atoms with Crippen molar-refractivity contribution in [3.8, 4) is 22.8 Å². The molecule has 2 aliphatic heterocycles. The van der Waals surface area contributed by atoms with Gasteiger partial charge in [-0.3, -0.25) is 9.59 Å². The van der Waals surface area contributed by atoms with Crippen LogP contribution in [0.25, 0.3) is 32.9 Å². The number of ether oxygens (including phenoxy) is 1. The fourth-order valence-electron chi connectivity index (χ4n) is 5.86. The van der Waals surface area contributed by atoms with Crippen LogP contribution in [0.3, 0.4) is 0 Å². The first kappa shape index (κ1) is 26.3. The standard InChI is InChI=1S/C31H31ClN4O4/c1-3-29(38)35-15-19(16-35)17-36-28-14-26(32)25(24-12-22(37)11-20-7-4-5-9-23(20)24)13-27(28)33-30(31(36)39)40-18-21-8-6-10-34(21)2/h3-5,7,9,11-14,19,21,37H,1,6,8,10,15-18H2,2H3/t21-/m1/s1. The minimum absolute atomic E-state index is 0.0557. The maximum absolute atomic E-state index is 13.7. The number of aromatic hydroxyl groups is 1. The number of rotatable bonds is 7. The van der Waals surface area contributed by atoms with E-state index in [0.29, 0.717) is 47.9 Å². The lowest BCUT2D eigenvalue weighted by molar-refractivity contribution is -0.132. The number of phenols is 1. The molecule has 206 valence electrons. The monoisotopic (exact) mass is 558 g/mol. The molecule has 3 aromatic carbocycles. The second kappa shape index (κ2) is 10.6. The summed E-state index contributed by atoms with van der Waals surface area (Å²) < 4.78 is 7.75. The molecular weight excluding hydrogens is 528 g/mol. The van der Waals surface area contributed by atoms with Crippen molar-refractivity contribution in [2.45, 2.75) is 25.4 Å². The molecule has 0 unspecified atom stereocenters. The number of amides is 1. The fourth-order valence-corrected chi connectivity index (χ4v) is 6.12. The molecule has 0 spiro atoms. The third-order valence-corrected chi connectivity index (χ3v) is 8.42. The van der Waals surface area contributed by atoms with Gasteiger partial charge in [0.1, 0.15) is 12.4 Å². The summed E-state index contributed by atoms with van der Waals surface area (Å²) in [6.07, 6.45) is 3.42. The quantitative estimate of drug-likeness (QED) is 0.331. The highest BCUT2D eigenvalue weighted by Gasteiger charge is 2.31. The van der Waals surface area contributed by atoms with E-state index in [2.05, 4.69) is 23.5 Å². The molecule has 0 bridgehead atoms. The van der Waals surface area contributed by atoms with Crippen molar-refractivity contribution in [1.29, 1.82) is 0 Å². The predicted molar refractivity (Wildman–Crippen MR) is 157 cm³/mol. The van der Waals surface area contributed by atoms with Gasteiger partial charge in [-0.25, -0.2) is 4.98 Å². The van der Waals surface area contributed by atoms with Crippen LogP contribution in [-0.4, -0.2) is 69.7 Å². The smallest absolute Gasteiger partial charge is 0.313 e. The summed E-state index contributed by atoms with van der Waals surface area (Å²) in [6, 6.07) is 15.0. The van der Waals surface area contributed by atoms with Crippen molar-refractivity contribution < 1.29 is 14.6 Å². The van der Waals surface area contributed by atoms with Crippen LogP contribution in [0.1, 0.15) is 12.8 Å². The number of carbonyl (C=O) groups is 1. The van der Waals surface area contributed by atoms with Crippen LogP contribution in [0, 0.1) is 5.92 Å². The molecule has 1 aromatic heterocycles. The summed E-state index contributed by atoms with van der Waals surface area (Å²) >= 11 is 6.86. The van der Waals surface area contributed by atoms with Crippen molar-refractivity contribution in [3.05, 3.63) is 76.6 Å². The van der Waals surface area contributed by atoms with Crippen molar-refractivity contribution in [2.24, 2.45) is 5.92 Å². The van der Waals surface area contributed by atoms with Crippen LogP contribution < -0.4 is 10.3 Å². The lowest BCUT2D eigenvalue weighted by Gasteiger charge is -2.39. The van der Waals surface area contributed by atoms with Gasteiger partial charge in [-0.1, -0.05) is 42.4 Å². The molecule has 0 aliphatic carbocycles. The van der Waals surface area contributed by atoms with E-state index in [1.807, 2.05) is 30.3 Å². The SMILES string of the molecule is C=CC(=O)N1CC(Cn2c(=O)c(OC[C@H]3CCCN3C)nc3cc(-c4cc(O)cc5ccccc45)c(Cl)cc32)C1. The van der Waals surface area contributed by atoms with Crippen molar-refractivity contribution >= 4 is 39.3 Å². The number of nitrogens with zero attached hydrogens (tertiary/aromatic N) is 4. The van der Waals surface area contributed by atoms with E-state index in [4.69, 9.17) is 16.3 Å². The molecule has 0 saturated carbocycles. The average Bonchev–Trinajstić information content (AvgIpc) is 3.34. The Labute approximate surface area is 237 Å².